The monoisotopic (exact) mass is 276 g/mol. The summed E-state index contributed by atoms with van der Waals surface area (Å²) in [4.78, 5) is 23.6. The fraction of sp³-hybridized carbons (Fsp3) is 0.385. The Kier molecular flexibility index (Phi) is 3.97. The van der Waals surface area contributed by atoms with Gasteiger partial charge in [0, 0.05) is 31.6 Å². The van der Waals surface area contributed by atoms with Crippen LogP contribution in [0.25, 0.3) is 0 Å². The Hall–Kier alpha value is -2.44. The Morgan fingerprint density at radius 3 is 2.75 bits per heavy atom. The van der Waals surface area contributed by atoms with Crippen LogP contribution < -0.4 is 10.3 Å². The Balaban J connectivity index is 2.11. The van der Waals surface area contributed by atoms with Gasteiger partial charge in [-0.2, -0.15) is 5.10 Å². The van der Waals surface area contributed by atoms with E-state index in [0.29, 0.717) is 11.3 Å². The number of hydrazone groups is 1. The second-order valence-corrected chi connectivity index (χ2v) is 4.91. The van der Waals surface area contributed by atoms with E-state index in [4.69, 9.17) is 0 Å². The van der Waals surface area contributed by atoms with Gasteiger partial charge in [0.15, 0.2) is 0 Å². The zero-order valence-electron chi connectivity index (χ0n) is 11.4. The maximum atomic E-state index is 11.4. The molecule has 7 nitrogen and oxygen atoms in total. The molecule has 1 aromatic carbocycles. The smallest absolute Gasteiger partial charge is 0.293 e. The molecule has 0 aliphatic heterocycles. The molecular weight excluding hydrogens is 260 g/mol. The lowest BCUT2D eigenvalue weighted by Gasteiger charge is -2.12. The van der Waals surface area contributed by atoms with Crippen LogP contribution in [-0.2, 0) is 4.79 Å². The highest BCUT2D eigenvalue weighted by atomic mass is 16.6. The van der Waals surface area contributed by atoms with E-state index in [1.807, 2.05) is 0 Å². The van der Waals surface area contributed by atoms with Crippen LogP contribution in [0, 0.1) is 16.0 Å². The van der Waals surface area contributed by atoms with Crippen LogP contribution in [-0.4, -0.2) is 31.1 Å². The average molecular weight is 276 g/mol. The van der Waals surface area contributed by atoms with E-state index in [-0.39, 0.29) is 17.5 Å². The van der Waals surface area contributed by atoms with Crippen LogP contribution in [0.5, 0.6) is 0 Å². The van der Waals surface area contributed by atoms with Crippen molar-refractivity contribution in [2.45, 2.75) is 12.8 Å². The third-order valence-electron chi connectivity index (χ3n) is 3.01. The Morgan fingerprint density at radius 1 is 1.50 bits per heavy atom. The quantitative estimate of drug-likeness (QED) is 0.501. The number of anilines is 1. The fourth-order valence-corrected chi connectivity index (χ4v) is 1.75. The molecular formula is C13H16N4O3. The molecule has 20 heavy (non-hydrogen) atoms. The minimum Gasteiger partial charge on any atom is -0.372 e. The average Bonchev–Trinajstić information content (AvgIpc) is 3.22. The predicted octanol–water partition coefficient (Wildman–Crippen LogP) is 1.52. The highest BCUT2D eigenvalue weighted by Crippen LogP contribution is 2.29. The lowest BCUT2D eigenvalue weighted by atomic mass is 10.2. The first kappa shape index (κ1) is 14.0. The minimum atomic E-state index is -0.435. The highest BCUT2D eigenvalue weighted by Gasteiger charge is 2.29. The highest BCUT2D eigenvalue weighted by molar-refractivity contribution is 5.86. The van der Waals surface area contributed by atoms with Gasteiger partial charge < -0.3 is 4.90 Å². The second kappa shape index (κ2) is 5.68. The van der Waals surface area contributed by atoms with Gasteiger partial charge in [0.1, 0.15) is 5.69 Å². The molecule has 1 saturated carbocycles. The number of benzene rings is 1. The molecule has 0 spiro atoms. The summed E-state index contributed by atoms with van der Waals surface area (Å²) in [6.45, 7) is 0. The van der Waals surface area contributed by atoms with Crippen molar-refractivity contribution in [3.05, 3.63) is 33.9 Å². The SMILES string of the molecule is CN(C)c1ccc(/C=N\NC(=O)C2CC2)cc1[N+](=O)[O-]. The molecule has 106 valence electrons. The van der Waals surface area contributed by atoms with Crippen LogP contribution in [0.2, 0.25) is 0 Å². The van der Waals surface area contributed by atoms with Crippen LogP contribution in [0.4, 0.5) is 11.4 Å². The van der Waals surface area contributed by atoms with E-state index in [1.165, 1.54) is 12.3 Å². The molecule has 0 bridgehead atoms. The number of nitro groups is 1. The topological polar surface area (TPSA) is 87.8 Å². The summed E-state index contributed by atoms with van der Waals surface area (Å²) in [5.74, 6) is -0.0155. The van der Waals surface area contributed by atoms with Gasteiger partial charge in [0.05, 0.1) is 11.1 Å². The number of carbonyl (C=O) groups excluding carboxylic acids is 1. The van der Waals surface area contributed by atoms with Gasteiger partial charge in [-0.3, -0.25) is 14.9 Å². The molecule has 0 atom stereocenters. The van der Waals surface area contributed by atoms with Crippen molar-refractivity contribution in [1.82, 2.24) is 5.43 Å². The normalized spacial score (nSPS) is 14.3. The predicted molar refractivity (Wildman–Crippen MR) is 75.9 cm³/mol. The Bertz CT molecular complexity index is 565. The van der Waals surface area contributed by atoms with Gasteiger partial charge in [0.2, 0.25) is 5.91 Å². The molecule has 1 N–H and O–H groups in total. The molecule has 0 heterocycles. The number of nitrogens with zero attached hydrogens (tertiary/aromatic N) is 3. The second-order valence-electron chi connectivity index (χ2n) is 4.91. The molecule has 1 aliphatic rings. The fourth-order valence-electron chi connectivity index (χ4n) is 1.75. The standard InChI is InChI=1S/C13H16N4O3/c1-16(2)11-6-3-9(7-12(11)17(19)20)8-14-15-13(18)10-4-5-10/h3,6-8,10H,4-5H2,1-2H3,(H,15,18)/b14-8-. The third kappa shape index (κ3) is 3.31. The van der Waals surface area contributed by atoms with Crippen molar-refractivity contribution in [3.63, 3.8) is 0 Å². The summed E-state index contributed by atoms with van der Waals surface area (Å²) < 4.78 is 0. The number of nitrogens with one attached hydrogen (secondary N) is 1. The molecule has 7 heteroatoms. The summed E-state index contributed by atoms with van der Waals surface area (Å²) in [7, 11) is 3.48. The molecule has 1 aliphatic carbocycles. The number of amides is 1. The van der Waals surface area contributed by atoms with Gasteiger partial charge in [-0.25, -0.2) is 5.43 Å². The largest absolute Gasteiger partial charge is 0.372 e. The van der Waals surface area contributed by atoms with E-state index in [2.05, 4.69) is 10.5 Å². The molecule has 0 unspecified atom stereocenters. The lowest BCUT2D eigenvalue weighted by molar-refractivity contribution is -0.384. The lowest BCUT2D eigenvalue weighted by Crippen LogP contribution is -2.19. The first-order valence-electron chi connectivity index (χ1n) is 6.27. The summed E-state index contributed by atoms with van der Waals surface area (Å²) in [5, 5.41) is 14.8. The van der Waals surface area contributed by atoms with Crippen LogP contribution in [0.1, 0.15) is 18.4 Å². The van der Waals surface area contributed by atoms with E-state index in [0.717, 1.165) is 12.8 Å². The maximum Gasteiger partial charge on any atom is 0.293 e. The molecule has 1 aromatic rings. The number of rotatable bonds is 5. The van der Waals surface area contributed by atoms with Gasteiger partial charge in [0.25, 0.3) is 5.69 Å². The van der Waals surface area contributed by atoms with Crippen LogP contribution in [0.15, 0.2) is 23.3 Å². The summed E-state index contributed by atoms with van der Waals surface area (Å²) in [5.41, 5.74) is 3.53. The van der Waals surface area contributed by atoms with Gasteiger partial charge in [-0.1, -0.05) is 6.07 Å². The zero-order valence-corrected chi connectivity index (χ0v) is 11.4. The van der Waals surface area contributed by atoms with Crippen molar-refractivity contribution in [3.8, 4) is 0 Å². The molecule has 0 aromatic heterocycles. The van der Waals surface area contributed by atoms with Gasteiger partial charge in [-0.05, 0) is 18.9 Å². The molecule has 1 fully saturated rings. The minimum absolute atomic E-state index is 0.00692. The van der Waals surface area contributed by atoms with E-state index < -0.39 is 4.92 Å². The number of hydrogen-bond donors (Lipinski definition) is 1. The van der Waals surface area contributed by atoms with Crippen molar-refractivity contribution in [1.29, 1.82) is 0 Å². The van der Waals surface area contributed by atoms with Gasteiger partial charge in [-0.15, -0.1) is 0 Å². The molecule has 2 rings (SSSR count). The van der Waals surface area contributed by atoms with Crippen LogP contribution in [0.3, 0.4) is 0 Å². The maximum absolute atomic E-state index is 11.4. The number of nitro benzene ring substituents is 1. The number of carbonyl (C=O) groups is 1. The van der Waals surface area contributed by atoms with E-state index >= 15 is 0 Å². The van der Waals surface area contributed by atoms with Gasteiger partial charge >= 0.3 is 0 Å². The van der Waals surface area contributed by atoms with Crippen molar-refractivity contribution >= 4 is 23.5 Å². The molecule has 0 radical (unpaired) electrons. The van der Waals surface area contributed by atoms with E-state index in [1.54, 1.807) is 31.1 Å². The van der Waals surface area contributed by atoms with Crippen LogP contribution >= 0.6 is 0 Å². The Morgan fingerprint density at radius 2 is 2.20 bits per heavy atom. The Labute approximate surface area is 116 Å². The van der Waals surface area contributed by atoms with Crippen molar-refractivity contribution in [2.24, 2.45) is 11.0 Å². The van der Waals surface area contributed by atoms with Crippen molar-refractivity contribution < 1.29 is 9.72 Å². The van der Waals surface area contributed by atoms with E-state index in [9.17, 15) is 14.9 Å². The molecule has 0 saturated heterocycles. The summed E-state index contributed by atoms with van der Waals surface area (Å²) >= 11 is 0. The summed E-state index contributed by atoms with van der Waals surface area (Å²) in [6, 6.07) is 4.80. The number of hydrogen-bond acceptors (Lipinski definition) is 5. The third-order valence-corrected chi connectivity index (χ3v) is 3.01. The first-order valence-corrected chi connectivity index (χ1v) is 6.27. The van der Waals surface area contributed by atoms with Crippen molar-refractivity contribution in [2.75, 3.05) is 19.0 Å². The zero-order chi connectivity index (χ0) is 14.7. The summed E-state index contributed by atoms with van der Waals surface area (Å²) in [6.07, 6.45) is 3.22. The molecule has 1 amide bonds. The first-order chi connectivity index (χ1) is 9.49.